The molecule has 2 saturated heterocycles. The third kappa shape index (κ3) is 5.92. The summed E-state index contributed by atoms with van der Waals surface area (Å²) >= 11 is 5.87. The second kappa shape index (κ2) is 11.6. The minimum atomic E-state index is -2.95. The summed E-state index contributed by atoms with van der Waals surface area (Å²) in [6.07, 6.45) is 1.12. The van der Waals surface area contributed by atoms with Gasteiger partial charge in [-0.15, -0.1) is 0 Å². The van der Waals surface area contributed by atoms with E-state index < -0.39 is 36.3 Å². The average Bonchev–Trinajstić information content (AvgIpc) is 3.33. The molecule has 3 heterocycles. The summed E-state index contributed by atoms with van der Waals surface area (Å²) in [7, 11) is 0. The molecule has 244 valence electrons. The number of carbonyl (C=O) groups excluding carboxylic acids is 4. The van der Waals surface area contributed by atoms with E-state index in [2.05, 4.69) is 15.7 Å². The number of aryl methyl sites for hydroxylation is 1. The van der Waals surface area contributed by atoms with Gasteiger partial charge in [-0.2, -0.15) is 5.10 Å². The number of nitrogens with one attached hydrogen (secondary N) is 2. The van der Waals surface area contributed by atoms with Crippen LogP contribution in [-0.4, -0.2) is 74.3 Å². The highest BCUT2D eigenvalue weighted by Crippen LogP contribution is 2.59. The van der Waals surface area contributed by atoms with Crippen molar-refractivity contribution in [1.82, 2.24) is 24.9 Å². The highest BCUT2D eigenvalue weighted by Gasteiger charge is 2.64. The first kappa shape index (κ1) is 31.8. The Morgan fingerprint density at radius 1 is 1.15 bits per heavy atom. The summed E-state index contributed by atoms with van der Waals surface area (Å²) in [4.78, 5) is 55.2. The summed E-state index contributed by atoms with van der Waals surface area (Å²) in [5.74, 6) is -4.69. The molecule has 3 fully saturated rings. The van der Waals surface area contributed by atoms with Gasteiger partial charge in [0, 0.05) is 49.1 Å². The fraction of sp³-hybridized carbons (Fsp3) is 0.469. The van der Waals surface area contributed by atoms with E-state index in [1.807, 2.05) is 6.92 Å². The number of carbonyl (C=O) groups is 4. The maximum Gasteiger partial charge on any atom is 0.322 e. The molecule has 0 radical (unpaired) electrons. The topological polar surface area (TPSA) is 117 Å². The zero-order valence-corrected chi connectivity index (χ0v) is 26.4. The molecule has 1 saturated carbocycles. The third-order valence-corrected chi connectivity index (χ3v) is 9.59. The number of aromatic nitrogens is 2. The largest absolute Gasteiger partial charge is 0.350 e. The molecule has 3 aromatic rings. The fourth-order valence-electron chi connectivity index (χ4n) is 6.87. The maximum atomic E-state index is 14.4. The highest BCUT2D eigenvalue weighted by molar-refractivity contribution is 6.30. The van der Waals surface area contributed by atoms with Gasteiger partial charge in [0.1, 0.15) is 24.1 Å². The number of nitrogens with zero attached hydrogens (tertiary/aromatic N) is 4. The minimum Gasteiger partial charge on any atom is -0.350 e. The molecule has 2 N–H and O–H groups in total. The average molecular weight is 659 g/mol. The van der Waals surface area contributed by atoms with Gasteiger partial charge in [0.25, 0.3) is 5.92 Å². The summed E-state index contributed by atoms with van der Waals surface area (Å²) < 4.78 is 43.6. The zero-order chi connectivity index (χ0) is 33.1. The Morgan fingerprint density at radius 3 is 2.63 bits per heavy atom. The van der Waals surface area contributed by atoms with E-state index in [9.17, 15) is 32.3 Å². The van der Waals surface area contributed by atoms with Gasteiger partial charge in [-0.3, -0.25) is 19.1 Å². The van der Waals surface area contributed by atoms with E-state index in [1.54, 1.807) is 30.0 Å². The molecule has 3 atom stereocenters. The van der Waals surface area contributed by atoms with Gasteiger partial charge in [-0.1, -0.05) is 30.7 Å². The molecule has 1 aromatic heterocycles. The number of urea groups is 1. The molecule has 1 unspecified atom stereocenters. The highest BCUT2D eigenvalue weighted by atomic mass is 35.5. The molecule has 14 heteroatoms. The standard InChI is InChI=1S/C32H34ClF3N6O4/c1-17-10-20(38-30(46)40-9-5-8-32(35,36)16-40)11-21-27(18(2)43)39-41(28(17)21)15-25(44)42-23(12-31(3)13-24(31)42)29(45)37-14-19-6-4-7-22(33)26(19)34/h4,6-7,10-11,23-24H,5,8-9,12-16H2,1-3H3,(H,37,45)(H,38,46)/t23-,24?,31-/m0/s1. The minimum absolute atomic E-state index is 0.0500. The van der Waals surface area contributed by atoms with Gasteiger partial charge in [0.15, 0.2) is 5.78 Å². The van der Waals surface area contributed by atoms with Crippen molar-refractivity contribution in [3.05, 3.63) is 58.0 Å². The maximum absolute atomic E-state index is 14.4. The van der Waals surface area contributed by atoms with Crippen molar-refractivity contribution < 1.29 is 32.3 Å². The molecule has 3 aliphatic rings. The van der Waals surface area contributed by atoms with E-state index in [0.717, 1.165) is 11.3 Å². The predicted octanol–water partition coefficient (Wildman–Crippen LogP) is 5.30. The van der Waals surface area contributed by atoms with Crippen LogP contribution in [0.4, 0.5) is 23.7 Å². The molecule has 0 bridgehead atoms. The lowest BCUT2D eigenvalue weighted by molar-refractivity contribution is -0.140. The number of anilines is 1. The van der Waals surface area contributed by atoms with E-state index in [4.69, 9.17) is 11.6 Å². The Labute approximate surface area is 268 Å². The van der Waals surface area contributed by atoms with E-state index in [-0.39, 0.29) is 71.9 Å². The number of benzene rings is 2. The van der Waals surface area contributed by atoms with E-state index in [0.29, 0.717) is 28.6 Å². The lowest BCUT2D eigenvalue weighted by atomic mass is 10.0. The van der Waals surface area contributed by atoms with Gasteiger partial charge < -0.3 is 20.4 Å². The summed E-state index contributed by atoms with van der Waals surface area (Å²) in [5.41, 5.74) is 1.50. The number of alkyl halides is 2. The number of ketones is 1. The van der Waals surface area contributed by atoms with Gasteiger partial charge in [0.05, 0.1) is 17.1 Å². The fourth-order valence-corrected chi connectivity index (χ4v) is 7.06. The molecule has 0 spiro atoms. The first-order valence-corrected chi connectivity index (χ1v) is 15.5. The Kier molecular flexibility index (Phi) is 8.02. The van der Waals surface area contributed by atoms with Gasteiger partial charge in [-0.25, -0.2) is 18.0 Å². The molecule has 2 aliphatic heterocycles. The van der Waals surface area contributed by atoms with E-state index in [1.165, 1.54) is 23.7 Å². The third-order valence-electron chi connectivity index (χ3n) is 9.29. The molecule has 46 heavy (non-hydrogen) atoms. The van der Waals surface area contributed by atoms with Crippen LogP contribution in [0.2, 0.25) is 5.02 Å². The quantitative estimate of drug-likeness (QED) is 0.335. The number of likely N-dealkylation sites (tertiary alicyclic amines) is 2. The van der Waals surface area contributed by atoms with Crippen LogP contribution in [0, 0.1) is 18.2 Å². The van der Waals surface area contributed by atoms with Crippen LogP contribution in [0.25, 0.3) is 10.9 Å². The molecular formula is C32H34ClF3N6O4. The molecule has 10 nitrogen and oxygen atoms in total. The number of fused-ring (bicyclic) bond motifs is 2. The lowest BCUT2D eigenvalue weighted by Gasteiger charge is -2.32. The summed E-state index contributed by atoms with van der Waals surface area (Å²) in [6, 6.07) is 6.14. The smallest absolute Gasteiger partial charge is 0.322 e. The summed E-state index contributed by atoms with van der Waals surface area (Å²) in [5, 5.41) is 10.2. The van der Waals surface area contributed by atoms with Crippen LogP contribution in [0.5, 0.6) is 0 Å². The predicted molar refractivity (Wildman–Crippen MR) is 164 cm³/mol. The normalized spacial score (nSPS) is 23.3. The molecule has 1 aliphatic carbocycles. The van der Waals surface area contributed by atoms with Crippen LogP contribution in [0.15, 0.2) is 30.3 Å². The first-order valence-electron chi connectivity index (χ1n) is 15.1. The summed E-state index contributed by atoms with van der Waals surface area (Å²) in [6.45, 7) is 4.28. The number of hydrogen-bond acceptors (Lipinski definition) is 5. The number of rotatable bonds is 7. The molecular weight excluding hydrogens is 625 g/mol. The van der Waals surface area contributed by atoms with Crippen LogP contribution >= 0.6 is 11.6 Å². The van der Waals surface area contributed by atoms with Crippen LogP contribution in [0.1, 0.15) is 61.1 Å². The Balaban J connectivity index is 1.22. The van der Waals surface area contributed by atoms with Crippen molar-refractivity contribution in [3.8, 4) is 0 Å². The molecule has 6 rings (SSSR count). The van der Waals surface area contributed by atoms with Gasteiger partial charge >= 0.3 is 6.03 Å². The van der Waals surface area contributed by atoms with Crippen molar-refractivity contribution in [3.63, 3.8) is 0 Å². The van der Waals surface area contributed by atoms with Gasteiger partial charge in [-0.05, 0) is 55.4 Å². The number of piperidine rings is 2. The Hall–Kier alpha value is -4.13. The van der Waals surface area contributed by atoms with E-state index >= 15 is 0 Å². The Bertz CT molecular complexity index is 1780. The number of halogens is 4. The van der Waals surface area contributed by atoms with Crippen molar-refractivity contribution in [2.45, 2.75) is 77.6 Å². The van der Waals surface area contributed by atoms with Crippen LogP contribution in [-0.2, 0) is 22.7 Å². The van der Waals surface area contributed by atoms with Crippen LogP contribution in [0.3, 0.4) is 0 Å². The number of amides is 4. The van der Waals surface area contributed by atoms with Crippen LogP contribution < -0.4 is 10.6 Å². The molecule has 4 amide bonds. The Morgan fingerprint density at radius 2 is 1.91 bits per heavy atom. The van der Waals surface area contributed by atoms with Crippen molar-refractivity contribution in [2.75, 3.05) is 18.4 Å². The second-order valence-electron chi connectivity index (χ2n) is 12.9. The van der Waals surface area contributed by atoms with Crippen molar-refractivity contribution in [2.24, 2.45) is 5.41 Å². The molecule has 2 aromatic carbocycles. The van der Waals surface area contributed by atoms with Crippen molar-refractivity contribution >= 4 is 51.8 Å². The zero-order valence-electron chi connectivity index (χ0n) is 25.6. The monoisotopic (exact) mass is 658 g/mol. The number of Topliss-reactive ketones (excluding diaryl/α,β-unsaturated/α-hetero) is 1. The second-order valence-corrected chi connectivity index (χ2v) is 13.3. The van der Waals surface area contributed by atoms with Gasteiger partial charge in [0.2, 0.25) is 11.8 Å². The number of hydrogen-bond donors (Lipinski definition) is 2. The van der Waals surface area contributed by atoms with Crippen molar-refractivity contribution in [1.29, 1.82) is 0 Å². The first-order chi connectivity index (χ1) is 21.7. The lowest BCUT2D eigenvalue weighted by Crippen LogP contribution is -2.48. The SMILES string of the molecule is CC(=O)c1nn(CC(=O)N2C3C[C@]3(C)C[C@H]2C(=O)NCc2cccc(Cl)c2F)c2c(C)cc(NC(=O)N3CCCC(F)(F)C3)cc12.